The van der Waals surface area contributed by atoms with E-state index in [1.807, 2.05) is 0 Å². The smallest absolute Gasteiger partial charge is 0.422 e. The third-order valence-corrected chi connectivity index (χ3v) is 5.63. The number of nitrogens with one attached hydrogen (secondary N) is 1. The molecule has 1 unspecified atom stereocenters. The van der Waals surface area contributed by atoms with Gasteiger partial charge in [0.25, 0.3) is 11.8 Å². The zero-order valence-electron chi connectivity index (χ0n) is 19.4. The van der Waals surface area contributed by atoms with Gasteiger partial charge >= 0.3 is 12.4 Å². The highest BCUT2D eigenvalue weighted by Crippen LogP contribution is 2.34. The van der Waals surface area contributed by atoms with Crippen LogP contribution >= 0.6 is 0 Å². The van der Waals surface area contributed by atoms with Crippen LogP contribution in [0.5, 0.6) is 17.4 Å². The lowest BCUT2D eigenvalue weighted by Gasteiger charge is -2.38. The number of aromatic nitrogens is 3. The lowest BCUT2D eigenvalue weighted by Crippen LogP contribution is -2.56. The van der Waals surface area contributed by atoms with E-state index in [1.165, 1.54) is 41.1 Å². The molecule has 1 aliphatic rings. The summed E-state index contributed by atoms with van der Waals surface area (Å²) in [6, 6.07) is 5.58. The molecule has 37 heavy (non-hydrogen) atoms. The number of hydrogen-bond donors (Lipinski definition) is 1. The number of ether oxygens (including phenoxy) is 3. The average molecular weight is 532 g/mol. The second-order valence-electron chi connectivity index (χ2n) is 8.63. The van der Waals surface area contributed by atoms with Crippen molar-refractivity contribution in [2.24, 2.45) is 0 Å². The zero-order valence-corrected chi connectivity index (χ0v) is 19.4. The van der Waals surface area contributed by atoms with Gasteiger partial charge in [-0.15, -0.1) is 0 Å². The van der Waals surface area contributed by atoms with Crippen molar-refractivity contribution in [3.8, 4) is 17.4 Å². The number of imidazole rings is 1. The molecule has 0 saturated carbocycles. The van der Waals surface area contributed by atoms with Crippen LogP contribution in [0.15, 0.2) is 36.7 Å². The van der Waals surface area contributed by atoms with Gasteiger partial charge in [0.15, 0.2) is 12.4 Å². The monoisotopic (exact) mass is 532 g/mol. The van der Waals surface area contributed by atoms with E-state index in [4.69, 9.17) is 14.2 Å². The van der Waals surface area contributed by atoms with Gasteiger partial charge in [-0.3, -0.25) is 9.20 Å². The Morgan fingerprint density at radius 1 is 1.19 bits per heavy atom. The molecule has 8 nitrogen and oxygen atoms in total. The Balaban J connectivity index is 1.56. The van der Waals surface area contributed by atoms with Gasteiger partial charge in [-0.1, -0.05) is 0 Å². The van der Waals surface area contributed by atoms with E-state index in [0.29, 0.717) is 24.4 Å². The van der Waals surface area contributed by atoms with Gasteiger partial charge in [-0.2, -0.15) is 26.3 Å². The van der Waals surface area contributed by atoms with Crippen LogP contribution in [0.2, 0.25) is 0 Å². The van der Waals surface area contributed by atoms with Crippen LogP contribution in [0.1, 0.15) is 35.4 Å². The highest BCUT2D eigenvalue weighted by molar-refractivity contribution is 5.94. The van der Waals surface area contributed by atoms with Crippen molar-refractivity contribution in [2.75, 3.05) is 19.8 Å². The van der Waals surface area contributed by atoms with E-state index in [1.54, 1.807) is 6.92 Å². The van der Waals surface area contributed by atoms with Gasteiger partial charge < -0.3 is 19.5 Å². The van der Waals surface area contributed by atoms with Crippen LogP contribution in [0, 0.1) is 6.92 Å². The van der Waals surface area contributed by atoms with Gasteiger partial charge in [0.1, 0.15) is 17.1 Å². The normalized spacial score (nSPS) is 18.6. The summed E-state index contributed by atoms with van der Waals surface area (Å²) in [7, 11) is 0. The maximum atomic E-state index is 13.2. The predicted molar refractivity (Wildman–Crippen MR) is 117 cm³/mol. The van der Waals surface area contributed by atoms with Gasteiger partial charge in [-0.25, -0.2) is 9.97 Å². The van der Waals surface area contributed by atoms with Crippen molar-refractivity contribution >= 4 is 11.6 Å². The molecule has 200 valence electrons. The Bertz CT molecular complexity index is 1270. The molecule has 1 saturated heterocycles. The molecule has 0 radical (unpaired) electrons. The van der Waals surface area contributed by atoms with Crippen LogP contribution in [-0.2, 0) is 4.74 Å². The van der Waals surface area contributed by atoms with Crippen LogP contribution in [-0.4, -0.2) is 58.0 Å². The SMILES string of the molecule is Cc1c(C(=O)NC2(CC(F)(F)F)CCCOC2)nc2ccc(Oc3ncccc3OCC(F)(F)F)cn12. The summed E-state index contributed by atoms with van der Waals surface area (Å²) in [6.45, 7) is 0.0511. The number of fused-ring (bicyclic) bond motifs is 1. The number of amides is 1. The molecule has 1 atom stereocenters. The minimum absolute atomic E-state index is 0.0868. The number of pyridine rings is 2. The third kappa shape index (κ3) is 6.61. The predicted octanol–water partition coefficient (Wildman–Crippen LogP) is 5.00. The highest BCUT2D eigenvalue weighted by Gasteiger charge is 2.45. The van der Waals surface area contributed by atoms with E-state index in [0.717, 1.165) is 0 Å². The van der Waals surface area contributed by atoms with Gasteiger partial charge in [-0.05, 0) is 44.0 Å². The van der Waals surface area contributed by atoms with Crippen LogP contribution < -0.4 is 14.8 Å². The molecule has 3 aromatic heterocycles. The molecule has 0 spiro atoms. The molecule has 1 fully saturated rings. The van der Waals surface area contributed by atoms with E-state index in [2.05, 4.69) is 15.3 Å². The van der Waals surface area contributed by atoms with Gasteiger partial charge in [0, 0.05) is 12.8 Å². The molecule has 14 heteroatoms. The van der Waals surface area contributed by atoms with Gasteiger partial charge in [0.05, 0.1) is 30.5 Å². The van der Waals surface area contributed by atoms with Crippen LogP contribution in [0.25, 0.3) is 5.65 Å². The summed E-state index contributed by atoms with van der Waals surface area (Å²) in [5.74, 6) is -1.09. The van der Waals surface area contributed by atoms with E-state index < -0.39 is 36.8 Å². The first-order chi connectivity index (χ1) is 17.3. The lowest BCUT2D eigenvalue weighted by atomic mass is 9.88. The Morgan fingerprint density at radius 2 is 1.97 bits per heavy atom. The summed E-state index contributed by atoms with van der Waals surface area (Å²) >= 11 is 0. The van der Waals surface area contributed by atoms with Crippen molar-refractivity contribution in [1.82, 2.24) is 19.7 Å². The molecule has 0 bridgehead atoms. The number of rotatable bonds is 7. The summed E-state index contributed by atoms with van der Waals surface area (Å²) in [4.78, 5) is 21.1. The number of nitrogens with zero attached hydrogens (tertiary/aromatic N) is 3. The molecule has 4 heterocycles. The van der Waals surface area contributed by atoms with Crippen molar-refractivity contribution in [3.05, 3.63) is 48.0 Å². The van der Waals surface area contributed by atoms with Crippen LogP contribution in [0.3, 0.4) is 0 Å². The summed E-state index contributed by atoms with van der Waals surface area (Å²) in [5.41, 5.74) is -1.08. The van der Waals surface area contributed by atoms with E-state index in [-0.39, 0.29) is 36.1 Å². The first kappa shape index (κ1) is 26.5. The van der Waals surface area contributed by atoms with Crippen molar-refractivity contribution in [2.45, 2.75) is 44.1 Å². The highest BCUT2D eigenvalue weighted by atomic mass is 19.4. The standard InChI is InChI=1S/C23H22F6N4O4/c1-14-18(19(34)32-21(11-22(24,25)26)7-3-9-35-12-21)31-17-6-5-15(10-33(14)17)37-20-16(4-2-8-30-20)36-13-23(27,28)29/h2,4-6,8,10H,3,7,9,11-13H2,1H3,(H,32,34). The summed E-state index contributed by atoms with van der Waals surface area (Å²) in [6.07, 6.45) is -7.10. The summed E-state index contributed by atoms with van der Waals surface area (Å²) < 4.78 is 94.4. The fourth-order valence-corrected chi connectivity index (χ4v) is 4.07. The molecule has 0 aromatic carbocycles. The fraction of sp³-hybridized carbons (Fsp3) is 0.435. The van der Waals surface area contributed by atoms with Crippen molar-refractivity contribution in [3.63, 3.8) is 0 Å². The van der Waals surface area contributed by atoms with Crippen LogP contribution in [0.4, 0.5) is 26.3 Å². The maximum absolute atomic E-state index is 13.2. The molecule has 1 aliphatic heterocycles. The molecule has 1 N–H and O–H groups in total. The number of aryl methyl sites for hydroxylation is 1. The Labute approximate surface area is 206 Å². The van der Waals surface area contributed by atoms with Crippen molar-refractivity contribution in [1.29, 1.82) is 0 Å². The lowest BCUT2D eigenvalue weighted by molar-refractivity contribution is -0.160. The number of halogens is 6. The maximum Gasteiger partial charge on any atom is 0.422 e. The zero-order chi connectivity index (χ0) is 26.8. The molecule has 4 rings (SSSR count). The molecule has 0 aliphatic carbocycles. The minimum Gasteiger partial charge on any atom is -0.478 e. The molecular weight excluding hydrogens is 510 g/mol. The summed E-state index contributed by atoms with van der Waals surface area (Å²) in [5, 5.41) is 2.49. The number of carbonyl (C=O) groups excluding carboxylic acids is 1. The Hall–Kier alpha value is -3.55. The minimum atomic E-state index is -4.56. The third-order valence-electron chi connectivity index (χ3n) is 5.63. The average Bonchev–Trinajstić information content (AvgIpc) is 3.13. The van der Waals surface area contributed by atoms with E-state index in [9.17, 15) is 31.1 Å². The first-order valence-electron chi connectivity index (χ1n) is 11.1. The Kier molecular flexibility index (Phi) is 7.22. The fourth-order valence-electron chi connectivity index (χ4n) is 4.07. The second kappa shape index (κ2) is 10.1. The number of alkyl halides is 6. The Morgan fingerprint density at radius 3 is 2.65 bits per heavy atom. The topological polar surface area (TPSA) is 87.0 Å². The molecule has 1 amide bonds. The second-order valence-corrected chi connectivity index (χ2v) is 8.63. The largest absolute Gasteiger partial charge is 0.478 e. The van der Waals surface area contributed by atoms with Crippen molar-refractivity contribution < 1.29 is 45.3 Å². The molecular formula is C23H22F6N4O4. The van der Waals surface area contributed by atoms with E-state index >= 15 is 0 Å². The molecule has 3 aromatic rings. The van der Waals surface area contributed by atoms with Gasteiger partial charge in [0.2, 0.25) is 0 Å². The quantitative estimate of drug-likeness (QED) is 0.431. The number of hydrogen-bond acceptors (Lipinski definition) is 6. The number of carbonyl (C=O) groups is 1. The first-order valence-corrected chi connectivity index (χ1v) is 11.1.